The zero-order valence-corrected chi connectivity index (χ0v) is 15.7. The summed E-state index contributed by atoms with van der Waals surface area (Å²) in [7, 11) is -3.23. The minimum atomic E-state index is -3.23. The molecule has 142 valence electrons. The number of carbonyl (C=O) groups excluding carboxylic acids is 1. The Morgan fingerprint density at radius 2 is 1.88 bits per heavy atom. The van der Waals surface area contributed by atoms with Crippen LogP contribution in [0.5, 0.6) is 0 Å². The number of nitrogens with zero attached hydrogens (tertiary/aromatic N) is 1. The lowest BCUT2D eigenvalue weighted by Gasteiger charge is -2.24. The number of aryl methyl sites for hydroxylation is 1. The molecular formula is C19H25NO5S. The van der Waals surface area contributed by atoms with Crippen LogP contribution in [0.2, 0.25) is 0 Å². The van der Waals surface area contributed by atoms with E-state index in [1.807, 2.05) is 0 Å². The first-order valence-corrected chi connectivity index (χ1v) is 10.8. The van der Waals surface area contributed by atoms with Crippen molar-refractivity contribution < 1.29 is 23.1 Å². The van der Waals surface area contributed by atoms with E-state index >= 15 is 0 Å². The molecule has 1 saturated carbocycles. The maximum absolute atomic E-state index is 12.6. The van der Waals surface area contributed by atoms with Gasteiger partial charge in [-0.05, 0) is 48.8 Å². The van der Waals surface area contributed by atoms with Gasteiger partial charge in [0, 0.05) is 13.0 Å². The average molecular weight is 379 g/mol. The van der Waals surface area contributed by atoms with Crippen LogP contribution in [0.15, 0.2) is 29.2 Å². The number of sulfone groups is 1. The summed E-state index contributed by atoms with van der Waals surface area (Å²) in [5, 5.41) is 9.54. The molecule has 3 unspecified atom stereocenters. The molecule has 1 heterocycles. The molecule has 0 aromatic heterocycles. The summed E-state index contributed by atoms with van der Waals surface area (Å²) in [6, 6.07) is 5.90. The molecule has 1 aromatic rings. The summed E-state index contributed by atoms with van der Waals surface area (Å²) < 4.78 is 23.7. The van der Waals surface area contributed by atoms with Crippen molar-refractivity contribution in [2.75, 3.05) is 12.3 Å². The number of carboxylic acid groups (broad SMARTS) is 1. The van der Waals surface area contributed by atoms with Crippen molar-refractivity contribution >= 4 is 21.7 Å². The van der Waals surface area contributed by atoms with Crippen LogP contribution in [-0.4, -0.2) is 48.6 Å². The van der Waals surface area contributed by atoms with Crippen molar-refractivity contribution in [2.45, 2.75) is 50.0 Å². The Balaban J connectivity index is 1.63. The number of aliphatic carboxylic acids is 1. The van der Waals surface area contributed by atoms with Gasteiger partial charge in [0.25, 0.3) is 0 Å². The minimum absolute atomic E-state index is 0.0543. The number of likely N-dealkylation sites (tertiary alicyclic amines) is 1. The second kappa shape index (κ2) is 7.39. The second-order valence-electron chi connectivity index (χ2n) is 7.23. The molecule has 3 rings (SSSR count). The summed E-state index contributed by atoms with van der Waals surface area (Å²) in [6.07, 6.45) is 3.66. The van der Waals surface area contributed by atoms with E-state index in [-0.39, 0.29) is 28.9 Å². The third-order valence-electron chi connectivity index (χ3n) is 5.75. The Morgan fingerprint density at radius 1 is 1.19 bits per heavy atom. The van der Waals surface area contributed by atoms with Gasteiger partial charge in [-0.15, -0.1) is 0 Å². The second-order valence-corrected chi connectivity index (χ2v) is 9.51. The van der Waals surface area contributed by atoms with Crippen LogP contribution >= 0.6 is 0 Å². The van der Waals surface area contributed by atoms with Crippen LogP contribution in [0, 0.1) is 11.8 Å². The van der Waals surface area contributed by atoms with Gasteiger partial charge < -0.3 is 10.0 Å². The van der Waals surface area contributed by atoms with E-state index in [1.165, 1.54) is 0 Å². The minimum Gasteiger partial charge on any atom is -0.480 e. The number of hydrogen-bond donors (Lipinski definition) is 1. The SMILES string of the molecule is CCS(=O)(=O)c1ccc(CCC(=O)N2CC3CCCC3C2C(=O)O)cc1. The monoisotopic (exact) mass is 379 g/mol. The van der Waals surface area contributed by atoms with Crippen LogP contribution in [0.25, 0.3) is 0 Å². The van der Waals surface area contributed by atoms with Crippen molar-refractivity contribution in [3.63, 3.8) is 0 Å². The van der Waals surface area contributed by atoms with Crippen LogP contribution < -0.4 is 0 Å². The van der Waals surface area contributed by atoms with E-state index in [9.17, 15) is 23.1 Å². The Bertz CT molecular complexity index is 787. The highest BCUT2D eigenvalue weighted by Gasteiger charge is 2.49. The number of fused-ring (bicyclic) bond motifs is 1. The van der Waals surface area contributed by atoms with Crippen molar-refractivity contribution in [1.29, 1.82) is 0 Å². The molecule has 0 radical (unpaired) electrons. The maximum Gasteiger partial charge on any atom is 0.326 e. The van der Waals surface area contributed by atoms with Gasteiger partial charge in [0.2, 0.25) is 5.91 Å². The number of benzene rings is 1. The zero-order valence-electron chi connectivity index (χ0n) is 14.9. The smallest absolute Gasteiger partial charge is 0.326 e. The molecule has 0 spiro atoms. The Kier molecular flexibility index (Phi) is 5.37. The van der Waals surface area contributed by atoms with E-state index in [2.05, 4.69) is 0 Å². The lowest BCUT2D eigenvalue weighted by atomic mass is 9.94. The van der Waals surface area contributed by atoms with Crippen LogP contribution in [0.1, 0.15) is 38.2 Å². The van der Waals surface area contributed by atoms with E-state index in [0.717, 1.165) is 24.8 Å². The molecule has 1 amide bonds. The highest BCUT2D eigenvalue weighted by atomic mass is 32.2. The molecule has 1 aromatic carbocycles. The fourth-order valence-corrected chi connectivity index (χ4v) is 5.19. The van der Waals surface area contributed by atoms with Gasteiger partial charge in [-0.25, -0.2) is 13.2 Å². The third-order valence-corrected chi connectivity index (χ3v) is 7.50. The predicted molar refractivity (Wildman–Crippen MR) is 96.5 cm³/mol. The van der Waals surface area contributed by atoms with Crippen molar-refractivity contribution in [3.05, 3.63) is 29.8 Å². The number of carboxylic acids is 1. The lowest BCUT2D eigenvalue weighted by molar-refractivity contribution is -0.149. The summed E-state index contributed by atoms with van der Waals surface area (Å²) in [6.45, 7) is 2.15. The first kappa shape index (κ1) is 18.9. The van der Waals surface area contributed by atoms with E-state index < -0.39 is 21.8 Å². The molecule has 3 atom stereocenters. The first-order chi connectivity index (χ1) is 12.3. The number of amides is 1. The number of hydrogen-bond acceptors (Lipinski definition) is 4. The molecule has 26 heavy (non-hydrogen) atoms. The van der Waals surface area contributed by atoms with E-state index in [4.69, 9.17) is 0 Å². The largest absolute Gasteiger partial charge is 0.480 e. The van der Waals surface area contributed by atoms with E-state index in [1.54, 1.807) is 36.1 Å². The van der Waals surface area contributed by atoms with Gasteiger partial charge >= 0.3 is 5.97 Å². The summed E-state index contributed by atoms with van der Waals surface area (Å²) in [5.41, 5.74) is 0.875. The number of rotatable bonds is 6. The quantitative estimate of drug-likeness (QED) is 0.817. The molecular weight excluding hydrogens is 354 g/mol. The van der Waals surface area contributed by atoms with Gasteiger partial charge in [-0.2, -0.15) is 0 Å². The first-order valence-electron chi connectivity index (χ1n) is 9.17. The zero-order chi connectivity index (χ0) is 18.9. The number of carbonyl (C=O) groups is 2. The molecule has 1 N–H and O–H groups in total. The van der Waals surface area contributed by atoms with Crippen LogP contribution in [-0.2, 0) is 25.8 Å². The topological polar surface area (TPSA) is 91.8 Å². The van der Waals surface area contributed by atoms with Crippen molar-refractivity contribution in [2.24, 2.45) is 11.8 Å². The van der Waals surface area contributed by atoms with Crippen molar-refractivity contribution in [1.82, 2.24) is 4.90 Å². The van der Waals surface area contributed by atoms with Gasteiger partial charge in [-0.3, -0.25) is 4.79 Å². The summed E-state index contributed by atoms with van der Waals surface area (Å²) in [5.74, 6) is -0.564. The Morgan fingerprint density at radius 3 is 2.50 bits per heavy atom. The Hall–Kier alpha value is -1.89. The highest BCUT2D eigenvalue weighted by Crippen LogP contribution is 2.42. The van der Waals surface area contributed by atoms with Crippen molar-refractivity contribution in [3.8, 4) is 0 Å². The molecule has 1 aliphatic heterocycles. The molecule has 1 aliphatic carbocycles. The Labute approximate surface area is 154 Å². The highest BCUT2D eigenvalue weighted by molar-refractivity contribution is 7.91. The van der Waals surface area contributed by atoms with Gasteiger partial charge in [0.15, 0.2) is 9.84 Å². The summed E-state index contributed by atoms with van der Waals surface area (Å²) >= 11 is 0. The fraction of sp³-hybridized carbons (Fsp3) is 0.579. The molecule has 7 heteroatoms. The molecule has 2 fully saturated rings. The van der Waals surface area contributed by atoms with E-state index in [0.29, 0.717) is 18.9 Å². The summed E-state index contributed by atoms with van der Waals surface area (Å²) in [4.78, 5) is 26.1. The average Bonchev–Trinajstić information content (AvgIpc) is 3.20. The van der Waals surface area contributed by atoms with Crippen LogP contribution in [0.4, 0.5) is 0 Å². The van der Waals surface area contributed by atoms with Gasteiger partial charge in [0.1, 0.15) is 6.04 Å². The standard InChI is InChI=1S/C19H25NO5S/c1-2-26(24,25)15-9-6-13(7-10-15)8-11-17(21)20-12-14-4-3-5-16(14)18(20)19(22)23/h6-7,9-10,14,16,18H,2-5,8,11-12H2,1H3,(H,22,23). The lowest BCUT2D eigenvalue weighted by Crippen LogP contribution is -2.43. The van der Waals surface area contributed by atoms with Gasteiger partial charge in [0.05, 0.1) is 10.6 Å². The molecule has 1 saturated heterocycles. The van der Waals surface area contributed by atoms with Crippen LogP contribution in [0.3, 0.4) is 0 Å². The molecule has 6 nitrogen and oxygen atoms in total. The third kappa shape index (κ3) is 3.63. The van der Waals surface area contributed by atoms with Gasteiger partial charge in [-0.1, -0.05) is 25.5 Å². The molecule has 2 aliphatic rings. The normalized spacial score (nSPS) is 25.3. The maximum atomic E-state index is 12.6. The predicted octanol–water partition coefficient (Wildman–Crippen LogP) is 2.12. The fourth-order valence-electron chi connectivity index (χ4n) is 4.30. The molecule has 0 bridgehead atoms.